The number of hydrogen-bond acceptors (Lipinski definition) is 5. The number of nitrogens with one attached hydrogen (secondary N) is 1. The van der Waals surface area contributed by atoms with Gasteiger partial charge in [-0.15, -0.1) is 0 Å². The van der Waals surface area contributed by atoms with Gasteiger partial charge < -0.3 is 4.74 Å². The fraction of sp³-hybridized carbons (Fsp3) is 0.333. The van der Waals surface area contributed by atoms with Gasteiger partial charge in [0, 0.05) is 19.7 Å². The largest absolute Gasteiger partial charge is 0.419 e. The van der Waals surface area contributed by atoms with Crippen LogP contribution < -0.4 is 10.2 Å². The van der Waals surface area contributed by atoms with Crippen LogP contribution in [0.5, 0.6) is 5.75 Å². The molecule has 0 saturated heterocycles. The molecular formula is C12H11F5N2O3S. The monoisotopic (exact) mass is 358 g/mol. The van der Waals surface area contributed by atoms with E-state index in [-0.39, 0.29) is 5.75 Å². The number of benzene rings is 1. The molecule has 1 aromatic carbocycles. The van der Waals surface area contributed by atoms with Gasteiger partial charge in [0.25, 0.3) is 0 Å². The zero-order valence-electron chi connectivity index (χ0n) is 11.8. The number of esters is 1. The number of likely N-dealkylation sites (N-methyl/N-ethyl adjacent to an activating group) is 1. The van der Waals surface area contributed by atoms with Gasteiger partial charge in [-0.2, -0.15) is 21.4 Å². The number of carbonyl (C=O) groups is 2. The average molecular weight is 358 g/mol. The zero-order chi connectivity index (χ0) is 17.9. The third-order valence-corrected chi connectivity index (χ3v) is 2.96. The van der Waals surface area contributed by atoms with Crippen LogP contribution in [0.1, 0.15) is 6.92 Å². The van der Waals surface area contributed by atoms with Gasteiger partial charge in [0.1, 0.15) is 6.04 Å². The molecule has 0 aliphatic rings. The Hall–Kier alpha value is -1.88. The minimum atomic E-state index is -2.37. The minimum absolute atomic E-state index is 0.273. The number of thiol groups is 1. The number of hydrazine groups is 1. The Balaban J connectivity index is 3.12. The fourth-order valence-corrected chi connectivity index (χ4v) is 1.92. The molecule has 1 amide bonds. The van der Waals surface area contributed by atoms with Crippen molar-refractivity contribution in [3.05, 3.63) is 29.1 Å². The molecule has 0 aromatic heterocycles. The first-order valence-corrected chi connectivity index (χ1v) is 6.59. The highest BCUT2D eigenvalue weighted by Gasteiger charge is 2.31. The maximum Gasteiger partial charge on any atom is 0.331 e. The van der Waals surface area contributed by atoms with Crippen LogP contribution in [0.15, 0.2) is 0 Å². The molecule has 0 saturated carbocycles. The number of rotatable bonds is 5. The summed E-state index contributed by atoms with van der Waals surface area (Å²) in [4.78, 5) is 22.7. The predicted molar refractivity (Wildman–Crippen MR) is 71.1 cm³/mol. The van der Waals surface area contributed by atoms with Gasteiger partial charge in [0.05, 0.1) is 0 Å². The summed E-state index contributed by atoms with van der Waals surface area (Å²) in [5.74, 6) is -15.4. The molecular weight excluding hydrogens is 347 g/mol. The smallest absolute Gasteiger partial charge is 0.331 e. The van der Waals surface area contributed by atoms with Crippen molar-refractivity contribution < 1.29 is 36.3 Å². The lowest BCUT2D eigenvalue weighted by Gasteiger charge is -2.24. The molecule has 1 N–H and O–H groups in total. The minimum Gasteiger partial charge on any atom is -0.419 e. The van der Waals surface area contributed by atoms with Crippen LogP contribution in [-0.2, 0) is 9.59 Å². The van der Waals surface area contributed by atoms with Crippen LogP contribution >= 0.6 is 12.6 Å². The van der Waals surface area contributed by atoms with Crippen LogP contribution in [-0.4, -0.2) is 35.7 Å². The van der Waals surface area contributed by atoms with Gasteiger partial charge in [-0.25, -0.2) is 23.0 Å². The number of halogens is 5. The van der Waals surface area contributed by atoms with Crippen molar-refractivity contribution in [2.24, 2.45) is 0 Å². The van der Waals surface area contributed by atoms with E-state index in [1.807, 2.05) is 0 Å². The predicted octanol–water partition coefficient (Wildman–Crippen LogP) is 1.57. The van der Waals surface area contributed by atoms with E-state index in [0.29, 0.717) is 0 Å². The molecule has 128 valence electrons. The first kappa shape index (κ1) is 19.2. The Morgan fingerprint density at radius 1 is 1.09 bits per heavy atom. The Morgan fingerprint density at radius 2 is 1.52 bits per heavy atom. The number of amides is 1. The molecule has 1 atom stereocenters. The topological polar surface area (TPSA) is 58.6 Å². The van der Waals surface area contributed by atoms with Crippen LogP contribution in [0, 0.1) is 29.1 Å². The van der Waals surface area contributed by atoms with E-state index >= 15 is 0 Å². The Kier molecular flexibility index (Phi) is 6.33. The van der Waals surface area contributed by atoms with E-state index in [1.54, 1.807) is 0 Å². The highest BCUT2D eigenvalue weighted by Crippen LogP contribution is 2.29. The Morgan fingerprint density at radius 3 is 1.91 bits per heavy atom. The zero-order valence-corrected chi connectivity index (χ0v) is 12.7. The molecule has 0 spiro atoms. The summed E-state index contributed by atoms with van der Waals surface area (Å²) < 4.78 is 70.1. The molecule has 0 aliphatic heterocycles. The standard InChI is InChI=1S/C12H11F5N2O3S/c1-4(20)18-19(2)5(3-23)12(21)22-11-9(16)7(14)6(13)8(15)10(11)17/h5,23H,3H2,1-2H3,(H,18,20)/t5-/m0/s1. The van der Waals surface area contributed by atoms with Gasteiger partial charge >= 0.3 is 5.97 Å². The normalized spacial score (nSPS) is 12.2. The van der Waals surface area contributed by atoms with Crippen molar-refractivity contribution in [2.75, 3.05) is 12.8 Å². The second kappa shape index (κ2) is 7.59. The quantitative estimate of drug-likeness (QED) is 0.160. The lowest BCUT2D eigenvalue weighted by molar-refractivity contribution is -0.142. The second-order valence-corrected chi connectivity index (χ2v) is 4.66. The molecule has 5 nitrogen and oxygen atoms in total. The van der Waals surface area contributed by atoms with Crippen molar-refractivity contribution in [1.82, 2.24) is 10.4 Å². The first-order valence-electron chi connectivity index (χ1n) is 5.95. The summed E-state index contributed by atoms with van der Waals surface area (Å²) in [5, 5.41) is 0.920. The SMILES string of the molecule is CC(=O)NN(C)[C@@H](CS)C(=O)Oc1c(F)c(F)c(F)c(F)c1F. The van der Waals surface area contributed by atoms with Gasteiger partial charge in [0.2, 0.25) is 40.7 Å². The first-order chi connectivity index (χ1) is 10.6. The van der Waals surface area contributed by atoms with E-state index in [1.165, 1.54) is 7.05 Å². The molecule has 0 aliphatic carbocycles. The molecule has 0 unspecified atom stereocenters. The molecule has 1 aromatic rings. The van der Waals surface area contributed by atoms with E-state index in [0.717, 1.165) is 11.9 Å². The summed E-state index contributed by atoms with van der Waals surface area (Å²) in [6.45, 7) is 1.13. The number of carbonyl (C=O) groups excluding carboxylic acids is 2. The molecule has 0 heterocycles. The van der Waals surface area contributed by atoms with Crippen molar-refractivity contribution in [1.29, 1.82) is 0 Å². The van der Waals surface area contributed by atoms with Crippen LogP contribution in [0.4, 0.5) is 22.0 Å². The fourth-order valence-electron chi connectivity index (χ4n) is 1.52. The summed E-state index contributed by atoms with van der Waals surface area (Å²) >= 11 is 3.80. The third-order valence-electron chi connectivity index (χ3n) is 2.62. The molecule has 1 rings (SSSR count). The second-order valence-electron chi connectivity index (χ2n) is 4.30. The lowest BCUT2D eigenvalue weighted by atomic mass is 10.2. The molecule has 11 heteroatoms. The molecule has 0 radical (unpaired) electrons. The number of hydrogen-bond donors (Lipinski definition) is 2. The van der Waals surface area contributed by atoms with E-state index in [4.69, 9.17) is 0 Å². The van der Waals surface area contributed by atoms with Crippen LogP contribution in [0.3, 0.4) is 0 Å². The molecule has 0 fully saturated rings. The van der Waals surface area contributed by atoms with Crippen molar-refractivity contribution in [3.8, 4) is 5.75 Å². The van der Waals surface area contributed by atoms with Crippen molar-refractivity contribution in [3.63, 3.8) is 0 Å². The molecule has 23 heavy (non-hydrogen) atoms. The van der Waals surface area contributed by atoms with Gasteiger partial charge in [-0.3, -0.25) is 10.2 Å². The lowest BCUT2D eigenvalue weighted by Crippen LogP contribution is -2.51. The number of ether oxygens (including phenoxy) is 1. The highest BCUT2D eigenvalue weighted by atomic mass is 32.1. The van der Waals surface area contributed by atoms with E-state index in [2.05, 4.69) is 22.8 Å². The summed E-state index contributed by atoms with van der Waals surface area (Å²) in [7, 11) is 1.22. The van der Waals surface area contributed by atoms with Gasteiger partial charge in [-0.1, -0.05) is 0 Å². The van der Waals surface area contributed by atoms with Crippen LogP contribution in [0.25, 0.3) is 0 Å². The van der Waals surface area contributed by atoms with Gasteiger partial charge in [-0.05, 0) is 0 Å². The van der Waals surface area contributed by atoms with Gasteiger partial charge in [0.15, 0.2) is 0 Å². The third kappa shape index (κ3) is 4.10. The Labute approximate surface area is 132 Å². The van der Waals surface area contributed by atoms with Crippen molar-refractivity contribution in [2.45, 2.75) is 13.0 Å². The maximum absolute atomic E-state index is 13.4. The van der Waals surface area contributed by atoms with Crippen molar-refractivity contribution >= 4 is 24.5 Å². The highest BCUT2D eigenvalue weighted by molar-refractivity contribution is 7.80. The summed E-state index contributed by atoms with van der Waals surface area (Å²) in [6.07, 6.45) is 0. The Bertz CT molecular complexity index is 615. The molecule has 0 bridgehead atoms. The van der Waals surface area contributed by atoms with E-state index < -0.39 is 52.8 Å². The summed E-state index contributed by atoms with van der Waals surface area (Å²) in [6, 6.07) is -1.34. The maximum atomic E-state index is 13.4. The average Bonchev–Trinajstić information content (AvgIpc) is 2.47. The van der Waals surface area contributed by atoms with E-state index in [9.17, 15) is 31.5 Å². The summed E-state index contributed by atoms with van der Waals surface area (Å²) in [5.41, 5.74) is 2.17. The van der Waals surface area contributed by atoms with Crippen LogP contribution in [0.2, 0.25) is 0 Å². The number of nitrogens with zero attached hydrogens (tertiary/aromatic N) is 1.